The fourth-order valence-electron chi connectivity index (χ4n) is 12.1. The summed E-state index contributed by atoms with van der Waals surface area (Å²) < 4.78 is 65.2. The Kier molecular flexibility index (Phi) is 21.0. The number of hydrogen-bond donors (Lipinski definition) is 15. The first kappa shape index (κ1) is 60.3. The molecule has 0 spiro atoms. The van der Waals surface area contributed by atoms with E-state index in [-0.39, 0.29) is 37.2 Å². The Morgan fingerprint density at radius 2 is 1.09 bits per heavy atom. The Morgan fingerprint density at radius 1 is 0.539 bits per heavy atom. The summed E-state index contributed by atoms with van der Waals surface area (Å²) in [5, 5.41) is 159. The molecule has 8 aliphatic rings. The van der Waals surface area contributed by atoms with E-state index in [0.29, 0.717) is 44.9 Å². The van der Waals surface area contributed by atoms with Crippen LogP contribution in [0.5, 0.6) is 0 Å². The first-order valence-electron chi connectivity index (χ1n) is 26.5. The summed E-state index contributed by atoms with van der Waals surface area (Å²) in [6.45, 7) is -0.400. The average molecular weight is 1100 g/mol. The van der Waals surface area contributed by atoms with Crippen molar-refractivity contribution in [2.24, 2.45) is 17.8 Å². The van der Waals surface area contributed by atoms with Gasteiger partial charge in [0.1, 0.15) is 85.5 Å². The van der Waals surface area contributed by atoms with Crippen LogP contribution in [0.4, 0.5) is 0 Å². The maximum atomic E-state index is 13.0. The van der Waals surface area contributed by atoms with E-state index in [2.05, 4.69) is 0 Å². The molecule has 27 heteroatoms. The summed E-state index contributed by atoms with van der Waals surface area (Å²) in [6.07, 6.45) is -30.5. The van der Waals surface area contributed by atoms with Crippen LogP contribution in [0.15, 0.2) is 12.2 Å². The highest BCUT2D eigenvalue weighted by molar-refractivity contribution is 5.82. The van der Waals surface area contributed by atoms with E-state index in [0.717, 1.165) is 0 Å². The van der Waals surface area contributed by atoms with Gasteiger partial charge in [-0.15, -0.1) is 0 Å². The number of aliphatic hydroxyl groups is 15. The minimum absolute atomic E-state index is 0.0223. The number of hydrogen-bond acceptors (Lipinski definition) is 27. The number of methoxy groups -OCH3 is 1. The Bertz CT molecular complexity index is 1840. The van der Waals surface area contributed by atoms with Crippen molar-refractivity contribution >= 4 is 5.97 Å². The van der Waals surface area contributed by atoms with Crippen molar-refractivity contribution in [1.82, 2.24) is 0 Å². The first-order chi connectivity index (χ1) is 36.2. The Morgan fingerprint density at radius 3 is 1.68 bits per heavy atom. The van der Waals surface area contributed by atoms with Crippen molar-refractivity contribution in [3.05, 3.63) is 12.2 Å². The maximum Gasteiger partial charge on any atom is 0.330 e. The molecule has 27 nitrogen and oxygen atoms in total. The molecule has 0 radical (unpaired) electrons. The van der Waals surface area contributed by atoms with Gasteiger partial charge in [0.15, 0.2) is 31.3 Å². The number of ether oxygens (including phenoxy) is 11. The molecule has 5 heterocycles. The molecular weight excluding hydrogens is 1020 g/mol. The minimum atomic E-state index is -1.86. The SMILES string of the molecule is COC1CC(C2OC3CC(O)CC(O[C@@H]4O[C@H](CO)[C@@H](O)[C@H](O)[C@H]4O)C3CC2O[C@@H]2O[C@H](CO[C@@H]3O[C@@H](C)[C@H](OC(=O)C=CC4CCC(O[C@@H]5O[C@H](CO)[C@@H](O)[C@H](O)[C@H]5O)CC4)[C@@H](O)[C@H]3O)[C@@H](O)[C@H](O)[C@H]2O)CCC1O. The van der Waals surface area contributed by atoms with Crippen molar-refractivity contribution < 1.29 is 133 Å². The lowest BCUT2D eigenvalue weighted by molar-refractivity contribution is -0.351. The van der Waals surface area contributed by atoms with Crippen molar-refractivity contribution in [2.45, 2.75) is 243 Å². The predicted molar refractivity (Wildman–Crippen MR) is 248 cm³/mol. The third-order valence-corrected chi connectivity index (χ3v) is 16.7. The number of esters is 1. The standard InChI is InChI=1S/C49H80O27/c1-18-44(76-32(54)10-5-19-3-7-22(8-4-19)69-47-40(62)36(58)33(55)29(15-50)73-47)39(61)43(65)46(68-18)67-17-31-35(57)38(60)42(64)49(75-31)72-28-14-23-25(70-45(28)20-6-9-24(53)27(11-20)66-2)12-21(52)13-26(23)71-48-41(63)37(59)34(56)30(16-51)74-48/h5,10,18-31,33-53,55-65H,3-4,6-9,11-17H2,1-2H3/t18-,19?,20?,21?,22?,23?,24?,25?,26?,27?,28?,29+,30+,31+,33+,34+,35+,36-,37-,38-,39-,40+,41+,42+,43+,44-,45?,46+,47+,48+,49+/m0/s1. The fraction of sp³-hybridized carbons (Fsp3) is 0.939. The maximum absolute atomic E-state index is 13.0. The Balaban J connectivity index is 0.866. The average Bonchev–Trinajstić information content (AvgIpc) is 3.41. The molecule has 0 aromatic rings. The summed E-state index contributed by atoms with van der Waals surface area (Å²) in [5.74, 6) is -1.81. The molecule has 8 rings (SSSR count). The van der Waals surface area contributed by atoms with Gasteiger partial charge in [0.05, 0.1) is 74.8 Å². The van der Waals surface area contributed by atoms with Crippen molar-refractivity contribution in [2.75, 3.05) is 26.9 Å². The molecular formula is C49H80O27. The third kappa shape index (κ3) is 13.4. The van der Waals surface area contributed by atoms with Gasteiger partial charge < -0.3 is 129 Å². The van der Waals surface area contributed by atoms with Crippen molar-refractivity contribution in [3.63, 3.8) is 0 Å². The molecule has 5 aliphatic heterocycles. The molecule has 5 saturated heterocycles. The molecule has 9 unspecified atom stereocenters. The zero-order chi connectivity index (χ0) is 54.9. The lowest BCUT2D eigenvalue weighted by Gasteiger charge is -2.52. The second-order valence-electron chi connectivity index (χ2n) is 21.8. The molecule has 15 N–H and O–H groups in total. The molecule has 8 fully saturated rings. The topological polar surface area (TPSA) is 422 Å². The lowest BCUT2D eigenvalue weighted by Crippen LogP contribution is -2.64. The van der Waals surface area contributed by atoms with Crippen LogP contribution in [0.1, 0.15) is 71.1 Å². The van der Waals surface area contributed by atoms with Gasteiger partial charge in [-0.05, 0) is 76.5 Å². The summed E-state index contributed by atoms with van der Waals surface area (Å²) in [4.78, 5) is 13.0. The van der Waals surface area contributed by atoms with Crippen LogP contribution in [0.2, 0.25) is 0 Å². The monoisotopic (exact) mass is 1100 g/mol. The highest BCUT2D eigenvalue weighted by Crippen LogP contribution is 2.45. The first-order valence-corrected chi connectivity index (χ1v) is 26.5. The van der Waals surface area contributed by atoms with E-state index in [1.807, 2.05) is 0 Å². The second kappa shape index (κ2) is 26.4. The van der Waals surface area contributed by atoms with Crippen LogP contribution in [0, 0.1) is 17.8 Å². The predicted octanol–water partition coefficient (Wildman–Crippen LogP) is -6.20. The highest BCUT2D eigenvalue weighted by atomic mass is 16.7. The van der Waals surface area contributed by atoms with Gasteiger partial charge in [-0.1, -0.05) is 6.08 Å². The van der Waals surface area contributed by atoms with Crippen LogP contribution < -0.4 is 0 Å². The van der Waals surface area contributed by atoms with Gasteiger partial charge in [-0.3, -0.25) is 0 Å². The summed E-state index contributed by atoms with van der Waals surface area (Å²) in [6, 6.07) is 0. The Hall–Kier alpha value is -1.79. The summed E-state index contributed by atoms with van der Waals surface area (Å²) >= 11 is 0. The normalized spacial score (nSPS) is 51.5. The highest BCUT2D eigenvalue weighted by Gasteiger charge is 2.55. The van der Waals surface area contributed by atoms with Gasteiger partial charge in [0, 0.05) is 25.5 Å². The van der Waals surface area contributed by atoms with Gasteiger partial charge in [0.25, 0.3) is 0 Å². The van der Waals surface area contributed by atoms with E-state index in [1.165, 1.54) is 20.1 Å². The van der Waals surface area contributed by atoms with Gasteiger partial charge >= 0.3 is 5.97 Å². The van der Waals surface area contributed by atoms with Gasteiger partial charge in [-0.25, -0.2) is 4.79 Å². The molecule has 76 heavy (non-hydrogen) atoms. The van der Waals surface area contributed by atoms with E-state index in [1.54, 1.807) is 6.08 Å². The van der Waals surface area contributed by atoms with Crippen LogP contribution in [-0.2, 0) is 56.9 Å². The van der Waals surface area contributed by atoms with Crippen LogP contribution in [0.3, 0.4) is 0 Å². The van der Waals surface area contributed by atoms with Crippen molar-refractivity contribution in [3.8, 4) is 0 Å². The van der Waals surface area contributed by atoms with E-state index >= 15 is 0 Å². The van der Waals surface area contributed by atoms with Crippen LogP contribution in [-0.4, -0.2) is 281 Å². The number of aliphatic hydroxyl groups excluding tert-OH is 15. The number of rotatable bonds is 16. The van der Waals surface area contributed by atoms with Crippen molar-refractivity contribution in [1.29, 1.82) is 0 Å². The van der Waals surface area contributed by atoms with E-state index in [4.69, 9.17) is 52.1 Å². The molecule has 3 saturated carbocycles. The number of allylic oxidation sites excluding steroid dienone is 1. The second-order valence-corrected chi connectivity index (χ2v) is 21.8. The third-order valence-electron chi connectivity index (χ3n) is 16.7. The molecule has 0 aromatic heterocycles. The molecule has 438 valence electrons. The van der Waals surface area contributed by atoms with Gasteiger partial charge in [0.2, 0.25) is 0 Å². The van der Waals surface area contributed by atoms with E-state index < -0.39 is 197 Å². The largest absolute Gasteiger partial charge is 0.454 e. The number of carbonyl (C=O) groups is 1. The molecule has 29 atom stereocenters. The summed E-state index contributed by atoms with van der Waals surface area (Å²) in [7, 11) is 1.47. The smallest absolute Gasteiger partial charge is 0.330 e. The molecule has 0 bridgehead atoms. The fourth-order valence-corrected chi connectivity index (χ4v) is 12.1. The Labute approximate surface area is 438 Å². The van der Waals surface area contributed by atoms with Crippen LogP contribution >= 0.6 is 0 Å². The number of carbonyl (C=O) groups excluding carboxylic acids is 1. The lowest BCUT2D eigenvalue weighted by atomic mass is 9.72. The number of fused-ring (bicyclic) bond motifs is 1. The summed E-state index contributed by atoms with van der Waals surface area (Å²) in [5.41, 5.74) is 0. The van der Waals surface area contributed by atoms with Crippen LogP contribution in [0.25, 0.3) is 0 Å². The zero-order valence-corrected chi connectivity index (χ0v) is 42.4. The van der Waals surface area contributed by atoms with Gasteiger partial charge in [-0.2, -0.15) is 0 Å². The van der Waals surface area contributed by atoms with E-state index in [9.17, 15) is 81.4 Å². The quantitative estimate of drug-likeness (QED) is 0.0505. The molecule has 0 amide bonds. The molecule has 3 aliphatic carbocycles. The zero-order valence-electron chi connectivity index (χ0n) is 42.4. The molecule has 0 aromatic carbocycles. The minimum Gasteiger partial charge on any atom is -0.454 e.